The van der Waals surface area contributed by atoms with Gasteiger partial charge in [-0.25, -0.2) is 9.97 Å². The summed E-state index contributed by atoms with van der Waals surface area (Å²) in [6, 6.07) is 6.96. The summed E-state index contributed by atoms with van der Waals surface area (Å²) in [6.45, 7) is 16.9. The van der Waals surface area contributed by atoms with E-state index in [9.17, 15) is 9.59 Å². The zero-order valence-electron chi connectivity index (χ0n) is 25.3. The normalized spacial score (nSPS) is 19.2. The predicted octanol–water partition coefficient (Wildman–Crippen LogP) is 2.24. The molecule has 226 valence electrons. The number of hydrogen-bond acceptors (Lipinski definition) is 9. The lowest BCUT2D eigenvalue weighted by molar-refractivity contribution is -0.126. The summed E-state index contributed by atoms with van der Waals surface area (Å²) in [5.74, 6) is 0.372. The molecular weight excluding hydrogens is 530 g/mol. The van der Waals surface area contributed by atoms with E-state index in [4.69, 9.17) is 10.7 Å². The SMILES string of the molecule is C=CC(=O)N1CCN(c2nc(Nc3ccc(N4CCC(N5CCN(C)CC5)CC4)c(C)c3)c(C(N)=O)nc2CC)CC1. The fourth-order valence-electron chi connectivity index (χ4n) is 6.36. The van der Waals surface area contributed by atoms with Gasteiger partial charge in [0, 0.05) is 82.9 Å². The van der Waals surface area contributed by atoms with E-state index in [1.165, 1.54) is 43.3 Å². The van der Waals surface area contributed by atoms with Gasteiger partial charge in [-0.05, 0) is 63.1 Å². The van der Waals surface area contributed by atoms with Gasteiger partial charge in [-0.2, -0.15) is 0 Å². The molecule has 3 fully saturated rings. The Bertz CT molecular complexity index is 1290. The first kappa shape index (κ1) is 29.8. The van der Waals surface area contributed by atoms with Crippen molar-refractivity contribution in [3.8, 4) is 0 Å². The van der Waals surface area contributed by atoms with Gasteiger partial charge in [-0.15, -0.1) is 0 Å². The van der Waals surface area contributed by atoms with E-state index in [1.807, 2.05) is 13.0 Å². The van der Waals surface area contributed by atoms with Crippen LogP contribution in [0.4, 0.5) is 23.0 Å². The standard InChI is InChI=1S/C31H45N9O2/c1-5-25-31(40-19-17-39(18-20-40)27(41)6-2)35-30(28(34-25)29(32)42)33-23-7-8-26(22(3)21-23)38-11-9-24(10-12-38)37-15-13-36(4)14-16-37/h6-8,21,24H,2,5,9-20H2,1,3-4H3,(H2,32,42)(H,33,35). The zero-order valence-corrected chi connectivity index (χ0v) is 25.3. The van der Waals surface area contributed by atoms with Gasteiger partial charge in [0.25, 0.3) is 5.91 Å². The van der Waals surface area contributed by atoms with Crippen LogP contribution in [0.15, 0.2) is 30.9 Å². The van der Waals surface area contributed by atoms with Crippen molar-refractivity contribution in [2.24, 2.45) is 5.73 Å². The number of piperidine rings is 1. The Balaban J connectivity index is 1.29. The molecule has 11 heteroatoms. The van der Waals surface area contributed by atoms with Crippen molar-refractivity contribution < 1.29 is 9.59 Å². The molecule has 3 saturated heterocycles. The first-order valence-corrected chi connectivity index (χ1v) is 15.2. The van der Waals surface area contributed by atoms with Crippen molar-refractivity contribution in [1.82, 2.24) is 24.7 Å². The molecule has 3 aliphatic rings. The lowest BCUT2D eigenvalue weighted by Crippen LogP contribution is -2.52. The Morgan fingerprint density at radius 2 is 1.69 bits per heavy atom. The van der Waals surface area contributed by atoms with Crippen molar-refractivity contribution in [2.75, 3.05) is 87.6 Å². The van der Waals surface area contributed by atoms with Crippen molar-refractivity contribution in [1.29, 1.82) is 0 Å². The fourth-order valence-corrected chi connectivity index (χ4v) is 6.36. The molecule has 0 aliphatic carbocycles. The van der Waals surface area contributed by atoms with Gasteiger partial charge in [0.15, 0.2) is 17.3 Å². The number of likely N-dealkylation sites (N-methyl/N-ethyl adjacent to an activating group) is 1. The number of aromatic nitrogens is 2. The Morgan fingerprint density at radius 3 is 2.29 bits per heavy atom. The first-order valence-electron chi connectivity index (χ1n) is 15.2. The zero-order chi connectivity index (χ0) is 29.8. The second kappa shape index (κ2) is 13.1. The fraction of sp³-hybridized carbons (Fsp3) is 0.548. The average Bonchev–Trinajstić information content (AvgIpc) is 3.01. The quantitative estimate of drug-likeness (QED) is 0.458. The van der Waals surface area contributed by atoms with Crippen LogP contribution in [0.25, 0.3) is 0 Å². The summed E-state index contributed by atoms with van der Waals surface area (Å²) in [5, 5.41) is 3.34. The van der Waals surface area contributed by atoms with Gasteiger partial charge in [0.05, 0.1) is 5.69 Å². The molecule has 2 aromatic rings. The lowest BCUT2D eigenvalue weighted by atomic mass is 10.0. The molecule has 3 N–H and O–H groups in total. The van der Waals surface area contributed by atoms with Gasteiger partial charge < -0.3 is 30.7 Å². The van der Waals surface area contributed by atoms with Gasteiger partial charge in [0.1, 0.15) is 0 Å². The monoisotopic (exact) mass is 575 g/mol. The van der Waals surface area contributed by atoms with Crippen LogP contribution in [-0.4, -0.2) is 115 Å². The van der Waals surface area contributed by atoms with Crippen LogP contribution in [-0.2, 0) is 11.2 Å². The minimum Gasteiger partial charge on any atom is -0.371 e. The second-order valence-electron chi connectivity index (χ2n) is 11.6. The number of rotatable bonds is 8. The van der Waals surface area contributed by atoms with Crippen LogP contribution in [0.3, 0.4) is 0 Å². The number of carbonyl (C=O) groups excluding carboxylic acids is 2. The number of piperazine rings is 2. The molecule has 1 aromatic carbocycles. The number of nitrogens with zero attached hydrogens (tertiary/aromatic N) is 7. The maximum atomic E-state index is 12.4. The maximum absolute atomic E-state index is 12.4. The van der Waals surface area contributed by atoms with Crippen LogP contribution in [0.1, 0.15) is 41.5 Å². The number of nitrogens with two attached hydrogens (primary N) is 1. The summed E-state index contributed by atoms with van der Waals surface area (Å²) >= 11 is 0. The van der Waals surface area contributed by atoms with Gasteiger partial charge in [-0.1, -0.05) is 13.5 Å². The van der Waals surface area contributed by atoms with E-state index in [1.54, 1.807) is 4.90 Å². The highest BCUT2D eigenvalue weighted by Crippen LogP contribution is 2.31. The van der Waals surface area contributed by atoms with E-state index >= 15 is 0 Å². The summed E-state index contributed by atoms with van der Waals surface area (Å²) < 4.78 is 0. The number of amides is 2. The molecule has 0 unspecified atom stereocenters. The van der Waals surface area contributed by atoms with Gasteiger partial charge in [0.2, 0.25) is 5.91 Å². The van der Waals surface area contributed by atoms with Crippen molar-refractivity contribution in [2.45, 2.75) is 39.2 Å². The van der Waals surface area contributed by atoms with E-state index in [2.05, 4.69) is 62.6 Å². The number of anilines is 4. The molecule has 4 heterocycles. The lowest BCUT2D eigenvalue weighted by Gasteiger charge is -2.43. The predicted molar refractivity (Wildman–Crippen MR) is 168 cm³/mol. The molecule has 0 saturated carbocycles. The summed E-state index contributed by atoms with van der Waals surface area (Å²) in [4.78, 5) is 45.4. The van der Waals surface area contributed by atoms with Crippen LogP contribution in [0, 0.1) is 6.92 Å². The Labute approximate surface area is 249 Å². The number of nitrogens with one attached hydrogen (secondary N) is 1. The molecule has 2 amide bonds. The smallest absolute Gasteiger partial charge is 0.271 e. The highest BCUT2D eigenvalue weighted by Gasteiger charge is 2.28. The third-order valence-corrected chi connectivity index (χ3v) is 8.90. The Hall–Kier alpha value is -3.70. The molecular formula is C31H45N9O2. The highest BCUT2D eigenvalue weighted by molar-refractivity contribution is 5.96. The molecule has 5 rings (SSSR count). The molecule has 3 aliphatic heterocycles. The van der Waals surface area contributed by atoms with Gasteiger partial charge >= 0.3 is 0 Å². The molecule has 0 atom stereocenters. The largest absolute Gasteiger partial charge is 0.371 e. The maximum Gasteiger partial charge on any atom is 0.271 e. The van der Waals surface area contributed by atoms with E-state index in [0.29, 0.717) is 56.0 Å². The van der Waals surface area contributed by atoms with E-state index in [0.717, 1.165) is 31.9 Å². The Kier molecular flexibility index (Phi) is 9.27. The van der Waals surface area contributed by atoms with E-state index in [-0.39, 0.29) is 11.6 Å². The van der Waals surface area contributed by atoms with Crippen LogP contribution < -0.4 is 20.9 Å². The molecule has 0 spiro atoms. The van der Waals surface area contributed by atoms with Gasteiger partial charge in [-0.3, -0.25) is 14.5 Å². The number of carbonyl (C=O) groups is 2. The highest BCUT2D eigenvalue weighted by atomic mass is 16.2. The van der Waals surface area contributed by atoms with E-state index < -0.39 is 5.91 Å². The number of benzene rings is 1. The Morgan fingerprint density at radius 1 is 1.00 bits per heavy atom. The molecule has 0 bridgehead atoms. The third kappa shape index (κ3) is 6.52. The summed E-state index contributed by atoms with van der Waals surface area (Å²) in [5.41, 5.74) is 9.83. The summed E-state index contributed by atoms with van der Waals surface area (Å²) in [6.07, 6.45) is 4.32. The third-order valence-electron chi connectivity index (χ3n) is 8.90. The molecule has 1 aromatic heterocycles. The molecule has 11 nitrogen and oxygen atoms in total. The first-order chi connectivity index (χ1) is 20.3. The number of hydrogen-bond donors (Lipinski definition) is 2. The molecule has 0 radical (unpaired) electrons. The number of aryl methyl sites for hydroxylation is 2. The average molecular weight is 576 g/mol. The minimum atomic E-state index is -0.621. The van der Waals surface area contributed by atoms with Crippen molar-refractivity contribution in [3.05, 3.63) is 47.8 Å². The van der Waals surface area contributed by atoms with Crippen molar-refractivity contribution >= 4 is 34.8 Å². The van der Waals surface area contributed by atoms with Crippen molar-refractivity contribution in [3.63, 3.8) is 0 Å². The number of primary amides is 1. The minimum absolute atomic E-state index is 0.0684. The second-order valence-corrected chi connectivity index (χ2v) is 11.6. The molecule has 42 heavy (non-hydrogen) atoms. The summed E-state index contributed by atoms with van der Waals surface area (Å²) in [7, 11) is 2.21. The van der Waals surface area contributed by atoms with Crippen LogP contribution >= 0.6 is 0 Å². The van der Waals surface area contributed by atoms with Crippen LogP contribution in [0.2, 0.25) is 0 Å². The van der Waals surface area contributed by atoms with Crippen LogP contribution in [0.5, 0.6) is 0 Å². The topological polar surface area (TPSA) is 114 Å².